The van der Waals surface area contributed by atoms with Gasteiger partial charge in [0.05, 0.1) is 5.92 Å². The lowest BCUT2D eigenvalue weighted by atomic mass is 9.93. The highest BCUT2D eigenvalue weighted by Crippen LogP contribution is 2.17. The van der Waals surface area contributed by atoms with Crippen LogP contribution in [0.2, 0.25) is 0 Å². The highest BCUT2D eigenvalue weighted by molar-refractivity contribution is 5.97. The second-order valence-electron chi connectivity index (χ2n) is 5.41. The molecule has 0 heterocycles. The van der Waals surface area contributed by atoms with Gasteiger partial charge in [-0.25, -0.2) is 0 Å². The van der Waals surface area contributed by atoms with Gasteiger partial charge in [-0.05, 0) is 24.8 Å². The van der Waals surface area contributed by atoms with Gasteiger partial charge >= 0.3 is 5.97 Å². The first-order valence-corrected chi connectivity index (χ1v) is 7.52. The van der Waals surface area contributed by atoms with Gasteiger partial charge in [-0.3, -0.25) is 9.59 Å². The van der Waals surface area contributed by atoms with Gasteiger partial charge in [0.1, 0.15) is 0 Å². The zero-order valence-corrected chi connectivity index (χ0v) is 12.4. The van der Waals surface area contributed by atoms with Gasteiger partial charge < -0.3 is 5.11 Å². The predicted molar refractivity (Wildman–Crippen MR) is 85.9 cm³/mol. The van der Waals surface area contributed by atoms with Crippen LogP contribution in [-0.2, 0) is 11.2 Å². The number of carbonyl (C=O) groups excluding carboxylic acids is 1. The summed E-state index contributed by atoms with van der Waals surface area (Å²) in [7, 11) is 0. The molecule has 0 aliphatic heterocycles. The minimum Gasteiger partial charge on any atom is -0.481 e. The van der Waals surface area contributed by atoms with E-state index < -0.39 is 11.9 Å². The Morgan fingerprint density at radius 2 is 1.50 bits per heavy atom. The van der Waals surface area contributed by atoms with Crippen LogP contribution in [0.4, 0.5) is 0 Å². The highest BCUT2D eigenvalue weighted by atomic mass is 16.4. The Hall–Kier alpha value is -2.42. The van der Waals surface area contributed by atoms with Crippen molar-refractivity contribution in [1.82, 2.24) is 0 Å². The molecule has 0 saturated heterocycles. The number of Topliss-reactive ketones (excluding diaryl/α,β-unsaturated/α-hetero) is 1. The Labute approximate surface area is 130 Å². The van der Waals surface area contributed by atoms with Crippen LogP contribution in [0.1, 0.15) is 35.2 Å². The van der Waals surface area contributed by atoms with Gasteiger partial charge in [0.25, 0.3) is 0 Å². The average molecular weight is 296 g/mol. The molecule has 0 spiro atoms. The van der Waals surface area contributed by atoms with Crippen molar-refractivity contribution in [3.05, 3.63) is 71.8 Å². The van der Waals surface area contributed by atoms with Gasteiger partial charge in [-0.15, -0.1) is 0 Å². The van der Waals surface area contributed by atoms with Crippen LogP contribution < -0.4 is 0 Å². The molecule has 0 aliphatic rings. The molecule has 1 N–H and O–H groups in total. The lowest BCUT2D eigenvalue weighted by Gasteiger charge is -2.11. The van der Waals surface area contributed by atoms with Crippen molar-refractivity contribution >= 4 is 11.8 Å². The quantitative estimate of drug-likeness (QED) is 0.750. The first-order chi connectivity index (χ1) is 10.7. The van der Waals surface area contributed by atoms with Crippen molar-refractivity contribution in [2.75, 3.05) is 0 Å². The predicted octanol–water partition coefficient (Wildman–Crippen LogP) is 3.98. The SMILES string of the molecule is O=C(CC(CCCc1ccccc1)C(=O)O)c1ccccc1. The van der Waals surface area contributed by atoms with Crippen molar-refractivity contribution < 1.29 is 14.7 Å². The maximum atomic E-state index is 12.1. The first kappa shape index (κ1) is 16.0. The summed E-state index contributed by atoms with van der Waals surface area (Å²) in [6, 6.07) is 18.8. The van der Waals surface area contributed by atoms with E-state index in [-0.39, 0.29) is 12.2 Å². The number of hydrogen-bond acceptors (Lipinski definition) is 2. The largest absolute Gasteiger partial charge is 0.481 e. The Morgan fingerprint density at radius 3 is 2.09 bits per heavy atom. The lowest BCUT2D eigenvalue weighted by molar-refractivity contribution is -0.141. The zero-order chi connectivity index (χ0) is 15.8. The highest BCUT2D eigenvalue weighted by Gasteiger charge is 2.21. The molecular weight excluding hydrogens is 276 g/mol. The van der Waals surface area contributed by atoms with Crippen LogP contribution in [0.15, 0.2) is 60.7 Å². The zero-order valence-electron chi connectivity index (χ0n) is 12.4. The molecule has 0 bridgehead atoms. The molecule has 0 aromatic heterocycles. The van der Waals surface area contributed by atoms with Crippen LogP contribution in [0.3, 0.4) is 0 Å². The third kappa shape index (κ3) is 4.85. The Kier molecular flexibility index (Phi) is 5.90. The number of hydrogen-bond donors (Lipinski definition) is 1. The van der Waals surface area contributed by atoms with Gasteiger partial charge in [0, 0.05) is 12.0 Å². The lowest BCUT2D eigenvalue weighted by Crippen LogP contribution is -2.18. The molecule has 1 atom stereocenters. The Bertz CT molecular complexity index is 605. The van der Waals surface area contributed by atoms with E-state index in [9.17, 15) is 14.7 Å². The number of ketones is 1. The van der Waals surface area contributed by atoms with Gasteiger partial charge in [0.15, 0.2) is 5.78 Å². The van der Waals surface area contributed by atoms with Crippen molar-refractivity contribution in [1.29, 1.82) is 0 Å². The normalized spacial score (nSPS) is 11.8. The number of carboxylic acid groups (broad SMARTS) is 1. The summed E-state index contributed by atoms with van der Waals surface area (Å²) in [4.78, 5) is 23.5. The van der Waals surface area contributed by atoms with E-state index in [4.69, 9.17) is 0 Å². The number of aliphatic carboxylic acids is 1. The molecular formula is C19H20O3. The van der Waals surface area contributed by atoms with Gasteiger partial charge in [0.2, 0.25) is 0 Å². The van der Waals surface area contributed by atoms with Crippen LogP contribution >= 0.6 is 0 Å². The molecule has 0 radical (unpaired) electrons. The minimum absolute atomic E-state index is 0.0636. The number of benzene rings is 2. The molecule has 0 aliphatic carbocycles. The molecule has 1 unspecified atom stereocenters. The van der Waals surface area contributed by atoms with Crippen molar-refractivity contribution in [2.45, 2.75) is 25.7 Å². The maximum absolute atomic E-state index is 12.1. The Morgan fingerprint density at radius 1 is 0.909 bits per heavy atom. The topological polar surface area (TPSA) is 54.4 Å². The molecule has 0 fully saturated rings. The number of rotatable bonds is 8. The van der Waals surface area contributed by atoms with Crippen molar-refractivity contribution in [2.24, 2.45) is 5.92 Å². The summed E-state index contributed by atoms with van der Waals surface area (Å²) < 4.78 is 0. The summed E-state index contributed by atoms with van der Waals surface area (Å²) in [5.74, 6) is -1.61. The fourth-order valence-electron chi connectivity index (χ4n) is 2.48. The molecule has 22 heavy (non-hydrogen) atoms. The van der Waals surface area contributed by atoms with Gasteiger partial charge in [-0.2, -0.15) is 0 Å². The third-order valence-corrected chi connectivity index (χ3v) is 3.74. The first-order valence-electron chi connectivity index (χ1n) is 7.52. The number of carbonyl (C=O) groups is 2. The number of aryl methyl sites for hydroxylation is 1. The summed E-state index contributed by atoms with van der Waals surface area (Å²) in [6.45, 7) is 0. The molecule has 2 aromatic rings. The molecule has 0 amide bonds. The molecule has 3 nitrogen and oxygen atoms in total. The van der Waals surface area contributed by atoms with Crippen LogP contribution in [0.5, 0.6) is 0 Å². The van der Waals surface area contributed by atoms with E-state index in [0.717, 1.165) is 12.8 Å². The monoisotopic (exact) mass is 296 g/mol. The summed E-state index contributed by atoms with van der Waals surface area (Å²) >= 11 is 0. The fraction of sp³-hybridized carbons (Fsp3) is 0.263. The smallest absolute Gasteiger partial charge is 0.306 e. The second kappa shape index (κ2) is 8.13. The van der Waals surface area contributed by atoms with Crippen LogP contribution in [-0.4, -0.2) is 16.9 Å². The van der Waals surface area contributed by atoms with Gasteiger partial charge in [-0.1, -0.05) is 60.7 Å². The van der Waals surface area contributed by atoms with E-state index in [0.29, 0.717) is 12.0 Å². The van der Waals surface area contributed by atoms with E-state index in [1.807, 2.05) is 36.4 Å². The van der Waals surface area contributed by atoms with Crippen LogP contribution in [0, 0.1) is 5.92 Å². The number of carboxylic acids is 1. The van der Waals surface area contributed by atoms with E-state index in [1.165, 1.54) is 5.56 Å². The van der Waals surface area contributed by atoms with Crippen LogP contribution in [0.25, 0.3) is 0 Å². The standard InChI is InChI=1S/C19H20O3/c20-18(16-11-5-2-6-12-16)14-17(19(21)22)13-7-10-15-8-3-1-4-9-15/h1-6,8-9,11-12,17H,7,10,13-14H2,(H,21,22). The average Bonchev–Trinajstić information content (AvgIpc) is 2.55. The molecule has 2 rings (SSSR count). The second-order valence-corrected chi connectivity index (χ2v) is 5.41. The minimum atomic E-state index is -0.891. The molecule has 2 aromatic carbocycles. The van der Waals surface area contributed by atoms with Crippen molar-refractivity contribution in [3.63, 3.8) is 0 Å². The summed E-state index contributed by atoms with van der Waals surface area (Å²) in [5.41, 5.74) is 1.78. The fourth-order valence-corrected chi connectivity index (χ4v) is 2.48. The Balaban J connectivity index is 1.87. The summed E-state index contributed by atoms with van der Waals surface area (Å²) in [6.07, 6.45) is 2.18. The van der Waals surface area contributed by atoms with E-state index >= 15 is 0 Å². The van der Waals surface area contributed by atoms with E-state index in [1.54, 1.807) is 24.3 Å². The molecule has 114 valence electrons. The third-order valence-electron chi connectivity index (χ3n) is 3.74. The molecule has 0 saturated carbocycles. The van der Waals surface area contributed by atoms with E-state index in [2.05, 4.69) is 0 Å². The van der Waals surface area contributed by atoms with Crippen molar-refractivity contribution in [3.8, 4) is 0 Å². The molecule has 3 heteroatoms. The maximum Gasteiger partial charge on any atom is 0.306 e. The summed E-state index contributed by atoms with van der Waals surface area (Å²) in [5, 5.41) is 9.31.